The minimum atomic E-state index is 0.753. The predicted octanol–water partition coefficient (Wildman–Crippen LogP) is 2.09. The lowest BCUT2D eigenvalue weighted by Crippen LogP contribution is -2.39. The van der Waals surface area contributed by atoms with Crippen molar-refractivity contribution in [3.63, 3.8) is 0 Å². The van der Waals surface area contributed by atoms with E-state index in [2.05, 4.69) is 24.1 Å². The Morgan fingerprint density at radius 3 is 2.85 bits per heavy atom. The Labute approximate surface area is 83.4 Å². The molecular weight excluding hydrogens is 180 g/mol. The van der Waals surface area contributed by atoms with Gasteiger partial charge in [0.2, 0.25) is 0 Å². The van der Waals surface area contributed by atoms with Crippen LogP contribution in [0.4, 0.5) is 0 Å². The zero-order valence-corrected chi connectivity index (χ0v) is 9.08. The van der Waals surface area contributed by atoms with Gasteiger partial charge in [0.25, 0.3) is 0 Å². The average molecular weight is 196 g/mol. The van der Waals surface area contributed by atoms with Gasteiger partial charge in [0.15, 0.2) is 0 Å². The molecule has 2 nitrogen and oxygen atoms in total. The van der Waals surface area contributed by atoms with Crippen LogP contribution in [-0.2, 0) is 6.42 Å². The highest BCUT2D eigenvalue weighted by molar-refractivity contribution is 7.11. The maximum atomic E-state index is 4.59. The molecule has 0 spiro atoms. The Morgan fingerprint density at radius 2 is 2.31 bits per heavy atom. The molecule has 1 saturated heterocycles. The Balaban J connectivity index is 2.15. The molecule has 0 unspecified atom stereocenters. The van der Waals surface area contributed by atoms with Gasteiger partial charge in [0.05, 0.1) is 10.7 Å². The van der Waals surface area contributed by atoms with E-state index >= 15 is 0 Å². The average Bonchev–Trinajstić information content (AvgIpc) is 2.30. The first kappa shape index (κ1) is 9.16. The summed E-state index contributed by atoms with van der Waals surface area (Å²) in [6.45, 7) is 6.65. The van der Waals surface area contributed by atoms with Crippen molar-refractivity contribution in [2.45, 2.75) is 32.6 Å². The smallest absolute Gasteiger partial charge is 0.0931 e. The molecule has 72 valence electrons. The van der Waals surface area contributed by atoms with E-state index in [0.29, 0.717) is 0 Å². The summed E-state index contributed by atoms with van der Waals surface area (Å²) in [6, 6.07) is 0. The highest BCUT2D eigenvalue weighted by Crippen LogP contribution is 2.29. The molecule has 1 aromatic heterocycles. The Hall–Kier alpha value is -0.410. The van der Waals surface area contributed by atoms with Gasteiger partial charge in [-0.3, -0.25) is 0 Å². The molecule has 2 heterocycles. The van der Waals surface area contributed by atoms with E-state index in [1.165, 1.54) is 22.0 Å². The number of hydrogen-bond donors (Lipinski definition) is 1. The zero-order chi connectivity index (χ0) is 9.26. The highest BCUT2D eigenvalue weighted by atomic mass is 32.1. The maximum Gasteiger partial charge on any atom is 0.0931 e. The second-order valence-electron chi connectivity index (χ2n) is 3.66. The number of hydrogen-bond acceptors (Lipinski definition) is 3. The molecule has 1 aromatic rings. The van der Waals surface area contributed by atoms with E-state index < -0.39 is 0 Å². The standard InChI is InChI=1S/C10H16N2S/c1-3-4-9-12-7(2)10(13-9)8-5-11-6-8/h8,11H,3-6H2,1-2H3. The molecule has 13 heavy (non-hydrogen) atoms. The third-order valence-electron chi connectivity index (χ3n) is 2.49. The van der Waals surface area contributed by atoms with Crippen molar-refractivity contribution in [2.75, 3.05) is 13.1 Å². The van der Waals surface area contributed by atoms with E-state index in [-0.39, 0.29) is 0 Å². The highest BCUT2D eigenvalue weighted by Gasteiger charge is 2.23. The first-order valence-corrected chi connectivity index (χ1v) is 5.79. The first-order chi connectivity index (χ1) is 6.31. The van der Waals surface area contributed by atoms with Crippen LogP contribution in [0.1, 0.15) is 34.8 Å². The van der Waals surface area contributed by atoms with Crippen molar-refractivity contribution in [3.8, 4) is 0 Å². The van der Waals surface area contributed by atoms with E-state index in [9.17, 15) is 0 Å². The number of aromatic nitrogens is 1. The van der Waals surface area contributed by atoms with Gasteiger partial charge in [0, 0.05) is 23.9 Å². The fourth-order valence-electron chi connectivity index (χ4n) is 1.64. The lowest BCUT2D eigenvalue weighted by atomic mass is 10.0. The van der Waals surface area contributed by atoms with Crippen LogP contribution in [0.25, 0.3) is 0 Å². The van der Waals surface area contributed by atoms with Crippen LogP contribution in [0.3, 0.4) is 0 Å². The summed E-state index contributed by atoms with van der Waals surface area (Å²) in [7, 11) is 0. The van der Waals surface area contributed by atoms with Gasteiger partial charge < -0.3 is 5.32 Å². The molecule has 0 bridgehead atoms. The molecule has 1 fully saturated rings. The van der Waals surface area contributed by atoms with Gasteiger partial charge in [-0.25, -0.2) is 4.98 Å². The molecular formula is C10H16N2S. The summed E-state index contributed by atoms with van der Waals surface area (Å²) in [6.07, 6.45) is 2.35. The van der Waals surface area contributed by atoms with E-state index in [1.807, 2.05) is 11.3 Å². The third-order valence-corrected chi connectivity index (χ3v) is 3.87. The predicted molar refractivity (Wildman–Crippen MR) is 56.5 cm³/mol. The van der Waals surface area contributed by atoms with Crippen LogP contribution < -0.4 is 5.32 Å². The summed E-state index contributed by atoms with van der Waals surface area (Å²) >= 11 is 1.92. The molecule has 1 N–H and O–H groups in total. The molecule has 1 aliphatic rings. The quantitative estimate of drug-likeness (QED) is 0.800. The normalized spacial score (nSPS) is 17.4. The lowest BCUT2D eigenvalue weighted by Gasteiger charge is -2.26. The number of thiazole rings is 1. The van der Waals surface area contributed by atoms with Gasteiger partial charge in [-0.1, -0.05) is 6.92 Å². The van der Waals surface area contributed by atoms with Crippen molar-refractivity contribution in [1.29, 1.82) is 0 Å². The molecule has 0 atom stereocenters. The maximum absolute atomic E-state index is 4.59. The van der Waals surface area contributed by atoms with Crippen LogP contribution >= 0.6 is 11.3 Å². The van der Waals surface area contributed by atoms with Gasteiger partial charge in [-0.15, -0.1) is 11.3 Å². The minimum absolute atomic E-state index is 0.753. The van der Waals surface area contributed by atoms with Crippen molar-refractivity contribution in [2.24, 2.45) is 0 Å². The molecule has 2 rings (SSSR count). The SMILES string of the molecule is CCCc1nc(C)c(C2CNC2)s1. The largest absolute Gasteiger partial charge is 0.315 e. The number of nitrogens with zero attached hydrogens (tertiary/aromatic N) is 1. The van der Waals surface area contributed by atoms with Crippen LogP contribution in [0.5, 0.6) is 0 Å². The third kappa shape index (κ3) is 1.76. The summed E-state index contributed by atoms with van der Waals surface area (Å²) in [4.78, 5) is 6.11. The van der Waals surface area contributed by atoms with Crippen molar-refractivity contribution in [3.05, 3.63) is 15.6 Å². The van der Waals surface area contributed by atoms with Crippen LogP contribution in [-0.4, -0.2) is 18.1 Å². The van der Waals surface area contributed by atoms with E-state index in [1.54, 1.807) is 0 Å². The van der Waals surface area contributed by atoms with Gasteiger partial charge in [-0.05, 0) is 19.8 Å². The number of aryl methyl sites for hydroxylation is 2. The monoisotopic (exact) mass is 196 g/mol. The Bertz CT molecular complexity index is 289. The first-order valence-electron chi connectivity index (χ1n) is 4.98. The molecule has 0 amide bonds. The fourth-order valence-corrected chi connectivity index (χ4v) is 2.91. The number of nitrogens with one attached hydrogen (secondary N) is 1. The van der Waals surface area contributed by atoms with E-state index in [4.69, 9.17) is 0 Å². The van der Waals surface area contributed by atoms with Crippen molar-refractivity contribution < 1.29 is 0 Å². The minimum Gasteiger partial charge on any atom is -0.315 e. The summed E-state index contributed by atoms with van der Waals surface area (Å²) in [5.74, 6) is 0.753. The van der Waals surface area contributed by atoms with Crippen LogP contribution in [0.15, 0.2) is 0 Å². The van der Waals surface area contributed by atoms with Crippen LogP contribution in [0, 0.1) is 6.92 Å². The van der Waals surface area contributed by atoms with Gasteiger partial charge in [0.1, 0.15) is 0 Å². The Kier molecular flexibility index (Phi) is 2.65. The Morgan fingerprint density at radius 1 is 1.54 bits per heavy atom. The van der Waals surface area contributed by atoms with Crippen molar-refractivity contribution in [1.82, 2.24) is 10.3 Å². The second-order valence-corrected chi connectivity index (χ2v) is 4.78. The number of rotatable bonds is 3. The van der Waals surface area contributed by atoms with Gasteiger partial charge >= 0.3 is 0 Å². The summed E-state index contributed by atoms with van der Waals surface area (Å²) in [5, 5.41) is 4.63. The molecule has 3 heteroatoms. The fraction of sp³-hybridized carbons (Fsp3) is 0.700. The molecule has 0 radical (unpaired) electrons. The van der Waals surface area contributed by atoms with Crippen LogP contribution in [0.2, 0.25) is 0 Å². The summed E-state index contributed by atoms with van der Waals surface area (Å²) < 4.78 is 0. The second kappa shape index (κ2) is 3.76. The topological polar surface area (TPSA) is 24.9 Å². The van der Waals surface area contributed by atoms with E-state index in [0.717, 1.165) is 25.4 Å². The molecule has 0 saturated carbocycles. The zero-order valence-electron chi connectivity index (χ0n) is 8.26. The lowest BCUT2D eigenvalue weighted by molar-refractivity contribution is 0.452. The molecule has 0 aromatic carbocycles. The molecule has 0 aliphatic carbocycles. The van der Waals surface area contributed by atoms with Gasteiger partial charge in [-0.2, -0.15) is 0 Å². The molecule has 1 aliphatic heterocycles. The summed E-state index contributed by atoms with van der Waals surface area (Å²) in [5.41, 5.74) is 1.26. The van der Waals surface area contributed by atoms with Crippen molar-refractivity contribution >= 4 is 11.3 Å².